The maximum absolute atomic E-state index is 13.1. The summed E-state index contributed by atoms with van der Waals surface area (Å²) in [6.45, 7) is -0.514. The molecular weight excluding hydrogens is 189 g/mol. The summed E-state index contributed by atoms with van der Waals surface area (Å²) in [6.07, 6.45) is 0. The maximum atomic E-state index is 13.1. The average Bonchev–Trinajstić information content (AvgIpc) is 2.17. The molecule has 0 spiro atoms. The first kappa shape index (κ1) is 8.96. The summed E-state index contributed by atoms with van der Waals surface area (Å²) >= 11 is 0. The number of hydrogen-bond donors (Lipinski definition) is 2. The Hall–Kier alpha value is -1.62. The highest BCUT2D eigenvalue weighted by Crippen LogP contribution is 2.30. The SMILES string of the molecule is O=C1COc2cc(F)c(CO)cc2N1. The quantitative estimate of drug-likeness (QED) is 0.694. The van der Waals surface area contributed by atoms with E-state index in [2.05, 4.69) is 5.32 Å². The standard InChI is InChI=1S/C9H8FNO3/c10-6-2-8-7(1-5(6)3-12)11-9(13)4-14-8/h1-2,12H,3-4H2,(H,11,13). The number of halogens is 1. The van der Waals surface area contributed by atoms with Gasteiger partial charge in [0.05, 0.1) is 12.3 Å². The zero-order chi connectivity index (χ0) is 10.1. The molecule has 5 heteroatoms. The summed E-state index contributed by atoms with van der Waals surface area (Å²) in [5.74, 6) is -0.533. The summed E-state index contributed by atoms with van der Waals surface area (Å²) in [7, 11) is 0. The highest BCUT2D eigenvalue weighted by atomic mass is 19.1. The van der Waals surface area contributed by atoms with Crippen molar-refractivity contribution in [2.45, 2.75) is 6.61 Å². The monoisotopic (exact) mass is 197 g/mol. The van der Waals surface area contributed by atoms with E-state index in [0.717, 1.165) is 6.07 Å². The lowest BCUT2D eigenvalue weighted by Crippen LogP contribution is -2.25. The predicted octanol–water partition coefficient (Wildman–Crippen LogP) is 0.649. The van der Waals surface area contributed by atoms with E-state index in [0.29, 0.717) is 11.4 Å². The molecule has 1 aromatic rings. The van der Waals surface area contributed by atoms with Crippen LogP contribution in [0.1, 0.15) is 5.56 Å². The molecule has 2 N–H and O–H groups in total. The molecule has 14 heavy (non-hydrogen) atoms. The van der Waals surface area contributed by atoms with Crippen LogP contribution in [0, 0.1) is 5.82 Å². The van der Waals surface area contributed by atoms with Crippen LogP contribution < -0.4 is 10.1 Å². The Morgan fingerprint density at radius 2 is 2.36 bits per heavy atom. The molecule has 2 rings (SSSR count). The molecule has 1 aliphatic rings. The third-order valence-corrected chi connectivity index (χ3v) is 1.95. The van der Waals surface area contributed by atoms with Crippen molar-refractivity contribution in [2.24, 2.45) is 0 Å². The van der Waals surface area contributed by atoms with E-state index in [-0.39, 0.29) is 18.1 Å². The van der Waals surface area contributed by atoms with Gasteiger partial charge in [-0.2, -0.15) is 0 Å². The van der Waals surface area contributed by atoms with Crippen LogP contribution in [0.4, 0.5) is 10.1 Å². The van der Waals surface area contributed by atoms with Crippen LogP contribution in [-0.2, 0) is 11.4 Å². The molecular formula is C9H8FNO3. The fraction of sp³-hybridized carbons (Fsp3) is 0.222. The van der Waals surface area contributed by atoms with Crippen molar-refractivity contribution in [3.05, 3.63) is 23.5 Å². The minimum Gasteiger partial charge on any atom is -0.481 e. The fourth-order valence-electron chi connectivity index (χ4n) is 1.27. The number of rotatable bonds is 1. The fourth-order valence-corrected chi connectivity index (χ4v) is 1.27. The zero-order valence-electron chi connectivity index (χ0n) is 7.21. The van der Waals surface area contributed by atoms with Gasteiger partial charge in [-0.25, -0.2) is 4.39 Å². The van der Waals surface area contributed by atoms with Gasteiger partial charge in [0.1, 0.15) is 11.6 Å². The van der Waals surface area contributed by atoms with E-state index in [9.17, 15) is 9.18 Å². The maximum Gasteiger partial charge on any atom is 0.262 e. The molecule has 0 atom stereocenters. The van der Waals surface area contributed by atoms with Gasteiger partial charge in [0.2, 0.25) is 0 Å². The summed E-state index contributed by atoms with van der Waals surface area (Å²) in [4.78, 5) is 10.9. The van der Waals surface area contributed by atoms with E-state index < -0.39 is 12.4 Å². The lowest BCUT2D eigenvalue weighted by atomic mass is 10.1. The molecule has 0 fully saturated rings. The highest BCUT2D eigenvalue weighted by Gasteiger charge is 2.18. The topological polar surface area (TPSA) is 58.6 Å². The molecule has 0 aromatic heterocycles. The van der Waals surface area contributed by atoms with Gasteiger partial charge in [-0.1, -0.05) is 0 Å². The normalized spacial score (nSPS) is 14.3. The van der Waals surface area contributed by atoms with Gasteiger partial charge in [-0.05, 0) is 6.07 Å². The number of amides is 1. The highest BCUT2D eigenvalue weighted by molar-refractivity contribution is 5.95. The molecule has 0 bridgehead atoms. The van der Waals surface area contributed by atoms with Crippen molar-refractivity contribution in [3.63, 3.8) is 0 Å². The van der Waals surface area contributed by atoms with Crippen molar-refractivity contribution < 1.29 is 19.0 Å². The summed E-state index contributed by atoms with van der Waals surface area (Å²) in [5, 5.41) is 11.3. The summed E-state index contributed by atoms with van der Waals surface area (Å²) < 4.78 is 18.1. The van der Waals surface area contributed by atoms with Crippen molar-refractivity contribution in [3.8, 4) is 5.75 Å². The Kier molecular flexibility index (Phi) is 2.09. The third kappa shape index (κ3) is 1.42. The van der Waals surface area contributed by atoms with Crippen molar-refractivity contribution in [2.75, 3.05) is 11.9 Å². The van der Waals surface area contributed by atoms with E-state index in [1.165, 1.54) is 6.07 Å². The van der Waals surface area contributed by atoms with Crippen LogP contribution in [0.15, 0.2) is 12.1 Å². The first-order valence-electron chi connectivity index (χ1n) is 4.06. The average molecular weight is 197 g/mol. The number of fused-ring (bicyclic) bond motifs is 1. The van der Waals surface area contributed by atoms with Gasteiger partial charge < -0.3 is 15.2 Å². The lowest BCUT2D eigenvalue weighted by molar-refractivity contribution is -0.118. The predicted molar refractivity (Wildman–Crippen MR) is 46.4 cm³/mol. The molecule has 0 aliphatic carbocycles. The number of carbonyl (C=O) groups excluding carboxylic acids is 1. The zero-order valence-corrected chi connectivity index (χ0v) is 7.21. The molecule has 0 saturated carbocycles. The molecule has 0 unspecified atom stereocenters. The Bertz CT molecular complexity index is 392. The molecule has 1 aromatic carbocycles. The van der Waals surface area contributed by atoms with Gasteiger partial charge in [0.25, 0.3) is 5.91 Å². The van der Waals surface area contributed by atoms with Gasteiger partial charge in [-0.3, -0.25) is 4.79 Å². The molecule has 0 radical (unpaired) electrons. The second-order valence-electron chi connectivity index (χ2n) is 2.93. The molecule has 74 valence electrons. The van der Waals surface area contributed by atoms with Crippen molar-refractivity contribution in [1.29, 1.82) is 0 Å². The molecule has 1 heterocycles. The minimum absolute atomic E-state index is 0.106. The van der Waals surface area contributed by atoms with Gasteiger partial charge >= 0.3 is 0 Å². The van der Waals surface area contributed by atoms with Gasteiger partial charge in [0.15, 0.2) is 6.61 Å². The number of anilines is 1. The largest absolute Gasteiger partial charge is 0.481 e. The summed E-state index contributed by atoms with van der Waals surface area (Å²) in [5.41, 5.74) is 0.529. The Balaban J connectivity index is 2.46. The van der Waals surface area contributed by atoms with Gasteiger partial charge in [0, 0.05) is 11.6 Å². The van der Waals surface area contributed by atoms with Crippen LogP contribution in [0.5, 0.6) is 5.75 Å². The van der Waals surface area contributed by atoms with E-state index in [1.807, 2.05) is 0 Å². The van der Waals surface area contributed by atoms with Crippen molar-refractivity contribution >= 4 is 11.6 Å². The number of aliphatic hydroxyl groups excluding tert-OH is 1. The number of carbonyl (C=O) groups is 1. The Morgan fingerprint density at radius 3 is 3.07 bits per heavy atom. The first-order valence-corrected chi connectivity index (χ1v) is 4.06. The van der Waals surface area contributed by atoms with Crippen LogP contribution >= 0.6 is 0 Å². The second kappa shape index (κ2) is 3.26. The number of ether oxygens (including phenoxy) is 1. The van der Waals surface area contributed by atoms with Crippen LogP contribution in [0.3, 0.4) is 0 Å². The van der Waals surface area contributed by atoms with Crippen LogP contribution in [0.2, 0.25) is 0 Å². The third-order valence-electron chi connectivity index (χ3n) is 1.95. The van der Waals surface area contributed by atoms with Crippen LogP contribution in [0.25, 0.3) is 0 Å². The molecule has 1 aliphatic heterocycles. The van der Waals surface area contributed by atoms with E-state index in [4.69, 9.17) is 9.84 Å². The summed E-state index contributed by atoms with van der Waals surface area (Å²) in [6, 6.07) is 2.52. The second-order valence-corrected chi connectivity index (χ2v) is 2.93. The number of benzene rings is 1. The van der Waals surface area contributed by atoms with E-state index >= 15 is 0 Å². The van der Waals surface area contributed by atoms with Crippen molar-refractivity contribution in [1.82, 2.24) is 0 Å². The number of nitrogens with one attached hydrogen (secondary N) is 1. The number of aliphatic hydroxyl groups is 1. The van der Waals surface area contributed by atoms with E-state index in [1.54, 1.807) is 0 Å². The molecule has 0 saturated heterocycles. The Labute approximate surface area is 79.3 Å². The van der Waals surface area contributed by atoms with Crippen LogP contribution in [-0.4, -0.2) is 17.6 Å². The molecule has 1 amide bonds. The Morgan fingerprint density at radius 1 is 1.57 bits per heavy atom. The number of hydrogen-bond acceptors (Lipinski definition) is 3. The smallest absolute Gasteiger partial charge is 0.262 e. The lowest BCUT2D eigenvalue weighted by Gasteiger charge is -2.18. The first-order chi connectivity index (χ1) is 6.70. The van der Waals surface area contributed by atoms with Gasteiger partial charge in [-0.15, -0.1) is 0 Å². The minimum atomic E-state index is -0.539. The molecule has 4 nitrogen and oxygen atoms in total.